The first-order valence-electron chi connectivity index (χ1n) is 5.30. The molecule has 0 saturated carbocycles. The van der Waals surface area contributed by atoms with Gasteiger partial charge in [-0.3, -0.25) is 9.69 Å². The van der Waals surface area contributed by atoms with Gasteiger partial charge >= 0.3 is 0 Å². The summed E-state index contributed by atoms with van der Waals surface area (Å²) < 4.78 is 0. The van der Waals surface area contributed by atoms with Gasteiger partial charge in [0.15, 0.2) is 5.78 Å². The molecule has 0 atom stereocenters. The topological polar surface area (TPSA) is 20.3 Å². The van der Waals surface area contributed by atoms with Crippen LogP contribution < -0.4 is 0 Å². The molecule has 0 aromatic heterocycles. The normalized spacial score (nSPS) is 10.1. The summed E-state index contributed by atoms with van der Waals surface area (Å²) in [6.07, 6.45) is 3.59. The number of hydrogen-bond donors (Lipinski definition) is 0. The van der Waals surface area contributed by atoms with Crippen LogP contribution in [0.15, 0.2) is 55.6 Å². The largest absolute Gasteiger partial charge is 0.293 e. The van der Waals surface area contributed by atoms with E-state index >= 15 is 0 Å². The van der Waals surface area contributed by atoms with Crippen LogP contribution in [0.5, 0.6) is 0 Å². The second-order valence-electron chi connectivity index (χ2n) is 3.56. The number of benzene rings is 1. The predicted octanol–water partition coefficient (Wildman–Crippen LogP) is 2.54. The lowest BCUT2D eigenvalue weighted by atomic mass is 10.1. The van der Waals surface area contributed by atoms with E-state index in [0.717, 1.165) is 5.56 Å². The fraction of sp³-hybridized carbons (Fsp3) is 0.214. The van der Waals surface area contributed by atoms with Crippen molar-refractivity contribution in [2.24, 2.45) is 0 Å². The van der Waals surface area contributed by atoms with Gasteiger partial charge in [-0.05, 0) is 0 Å². The molecular formula is C14H17NO. The van der Waals surface area contributed by atoms with Crippen molar-refractivity contribution in [3.63, 3.8) is 0 Å². The summed E-state index contributed by atoms with van der Waals surface area (Å²) in [5, 5.41) is 0. The third-order valence-electron chi connectivity index (χ3n) is 2.24. The van der Waals surface area contributed by atoms with Gasteiger partial charge < -0.3 is 0 Å². The van der Waals surface area contributed by atoms with E-state index in [1.165, 1.54) is 0 Å². The first kappa shape index (κ1) is 12.4. The summed E-state index contributed by atoms with van der Waals surface area (Å²) in [6.45, 7) is 9.15. The Morgan fingerprint density at radius 2 is 1.69 bits per heavy atom. The molecule has 0 aliphatic carbocycles. The van der Waals surface area contributed by atoms with Gasteiger partial charge in [-0.1, -0.05) is 42.5 Å². The second-order valence-corrected chi connectivity index (χ2v) is 3.56. The molecule has 0 aliphatic rings. The number of carbonyl (C=O) groups excluding carboxylic acids is 1. The SMILES string of the molecule is C=CCN(CC=C)CC(=O)c1ccccc1. The molecule has 16 heavy (non-hydrogen) atoms. The lowest BCUT2D eigenvalue weighted by molar-refractivity contribution is 0.0945. The number of ketones is 1. The summed E-state index contributed by atoms with van der Waals surface area (Å²) in [7, 11) is 0. The first-order valence-corrected chi connectivity index (χ1v) is 5.30. The third-order valence-corrected chi connectivity index (χ3v) is 2.24. The minimum absolute atomic E-state index is 0.129. The minimum Gasteiger partial charge on any atom is -0.293 e. The molecule has 0 aliphatic heterocycles. The van der Waals surface area contributed by atoms with Crippen molar-refractivity contribution in [3.8, 4) is 0 Å². The molecule has 1 aromatic carbocycles. The Morgan fingerprint density at radius 3 is 2.19 bits per heavy atom. The van der Waals surface area contributed by atoms with Crippen LogP contribution in [0.3, 0.4) is 0 Å². The highest BCUT2D eigenvalue weighted by molar-refractivity contribution is 5.97. The molecule has 0 amide bonds. The first-order chi connectivity index (χ1) is 7.77. The molecule has 0 radical (unpaired) electrons. The molecule has 2 nitrogen and oxygen atoms in total. The van der Waals surface area contributed by atoms with Crippen LogP contribution in [0.2, 0.25) is 0 Å². The van der Waals surface area contributed by atoms with Crippen LogP contribution in [-0.4, -0.2) is 30.3 Å². The molecule has 0 bridgehead atoms. The van der Waals surface area contributed by atoms with E-state index < -0.39 is 0 Å². The van der Waals surface area contributed by atoms with E-state index in [-0.39, 0.29) is 5.78 Å². The molecular weight excluding hydrogens is 198 g/mol. The van der Waals surface area contributed by atoms with Crippen LogP contribution in [-0.2, 0) is 0 Å². The van der Waals surface area contributed by atoms with E-state index in [0.29, 0.717) is 19.6 Å². The Balaban J connectivity index is 2.61. The number of rotatable bonds is 7. The number of Topliss-reactive ketones (excluding diaryl/α,β-unsaturated/α-hetero) is 1. The minimum atomic E-state index is 0.129. The maximum Gasteiger partial charge on any atom is 0.176 e. The van der Waals surface area contributed by atoms with E-state index in [1.807, 2.05) is 35.2 Å². The highest BCUT2D eigenvalue weighted by Gasteiger charge is 2.09. The number of nitrogens with zero attached hydrogens (tertiary/aromatic N) is 1. The van der Waals surface area contributed by atoms with E-state index in [1.54, 1.807) is 12.2 Å². The van der Waals surface area contributed by atoms with Crippen LogP contribution in [0, 0.1) is 0 Å². The van der Waals surface area contributed by atoms with E-state index in [2.05, 4.69) is 13.2 Å². The monoisotopic (exact) mass is 215 g/mol. The average Bonchev–Trinajstić information content (AvgIpc) is 2.31. The number of carbonyl (C=O) groups is 1. The van der Waals surface area contributed by atoms with Crippen molar-refractivity contribution < 1.29 is 4.79 Å². The van der Waals surface area contributed by atoms with Gasteiger partial charge in [-0.25, -0.2) is 0 Å². The van der Waals surface area contributed by atoms with Gasteiger partial charge in [0.05, 0.1) is 6.54 Å². The summed E-state index contributed by atoms with van der Waals surface area (Å²) in [6, 6.07) is 9.32. The highest BCUT2D eigenvalue weighted by atomic mass is 16.1. The standard InChI is InChI=1S/C14H17NO/c1-3-10-15(11-4-2)12-14(16)13-8-6-5-7-9-13/h3-9H,1-2,10-12H2. The fourth-order valence-corrected chi connectivity index (χ4v) is 1.49. The zero-order chi connectivity index (χ0) is 11.8. The van der Waals surface area contributed by atoms with Gasteiger partial charge in [-0.15, -0.1) is 13.2 Å². The Labute approximate surface area is 96.9 Å². The second kappa shape index (κ2) is 6.75. The lowest BCUT2D eigenvalue weighted by Gasteiger charge is -2.17. The molecule has 2 heteroatoms. The molecule has 0 N–H and O–H groups in total. The highest BCUT2D eigenvalue weighted by Crippen LogP contribution is 2.02. The predicted molar refractivity (Wildman–Crippen MR) is 67.6 cm³/mol. The molecule has 84 valence electrons. The van der Waals surface area contributed by atoms with Gasteiger partial charge in [0.1, 0.15) is 0 Å². The maximum absolute atomic E-state index is 11.9. The lowest BCUT2D eigenvalue weighted by Crippen LogP contribution is -2.30. The molecule has 0 fully saturated rings. The summed E-state index contributed by atoms with van der Waals surface area (Å²) in [5.74, 6) is 0.129. The zero-order valence-electron chi connectivity index (χ0n) is 9.43. The molecule has 1 rings (SSSR count). The van der Waals surface area contributed by atoms with Crippen molar-refractivity contribution in [2.75, 3.05) is 19.6 Å². The van der Waals surface area contributed by atoms with Crippen molar-refractivity contribution in [1.82, 2.24) is 4.90 Å². The Morgan fingerprint density at radius 1 is 1.12 bits per heavy atom. The average molecular weight is 215 g/mol. The zero-order valence-corrected chi connectivity index (χ0v) is 9.43. The molecule has 0 heterocycles. The van der Waals surface area contributed by atoms with Gasteiger partial charge in [0, 0.05) is 18.7 Å². The van der Waals surface area contributed by atoms with E-state index in [4.69, 9.17) is 0 Å². The molecule has 0 spiro atoms. The maximum atomic E-state index is 11.9. The Hall–Kier alpha value is -1.67. The summed E-state index contributed by atoms with van der Waals surface area (Å²) >= 11 is 0. The van der Waals surface area contributed by atoms with Crippen LogP contribution in [0.1, 0.15) is 10.4 Å². The molecule has 0 unspecified atom stereocenters. The van der Waals surface area contributed by atoms with Crippen molar-refractivity contribution in [2.45, 2.75) is 0 Å². The molecule has 1 aromatic rings. The van der Waals surface area contributed by atoms with Crippen LogP contribution >= 0.6 is 0 Å². The van der Waals surface area contributed by atoms with Crippen LogP contribution in [0.25, 0.3) is 0 Å². The quantitative estimate of drug-likeness (QED) is 0.514. The Bertz CT molecular complexity index is 346. The Kier molecular flexibility index (Phi) is 5.23. The van der Waals surface area contributed by atoms with Gasteiger partial charge in [0.2, 0.25) is 0 Å². The van der Waals surface area contributed by atoms with Gasteiger partial charge in [-0.2, -0.15) is 0 Å². The summed E-state index contributed by atoms with van der Waals surface area (Å²) in [4.78, 5) is 13.9. The smallest absolute Gasteiger partial charge is 0.176 e. The number of hydrogen-bond acceptors (Lipinski definition) is 2. The third kappa shape index (κ3) is 3.83. The van der Waals surface area contributed by atoms with Crippen LogP contribution in [0.4, 0.5) is 0 Å². The van der Waals surface area contributed by atoms with Crippen molar-refractivity contribution in [1.29, 1.82) is 0 Å². The van der Waals surface area contributed by atoms with Gasteiger partial charge in [0.25, 0.3) is 0 Å². The fourth-order valence-electron chi connectivity index (χ4n) is 1.49. The van der Waals surface area contributed by atoms with E-state index in [9.17, 15) is 4.79 Å². The molecule has 0 saturated heterocycles. The van der Waals surface area contributed by atoms with Crippen molar-refractivity contribution in [3.05, 3.63) is 61.2 Å². The summed E-state index contributed by atoms with van der Waals surface area (Å²) in [5.41, 5.74) is 0.751. The van der Waals surface area contributed by atoms with Crippen molar-refractivity contribution >= 4 is 5.78 Å².